The largest absolute Gasteiger partial charge is 0.257 e. The summed E-state index contributed by atoms with van der Waals surface area (Å²) in [5, 5.41) is 0. The lowest BCUT2D eigenvalue weighted by Crippen LogP contribution is -2.35. The minimum Gasteiger partial charge on any atom is -0.257 e. The molecule has 0 aliphatic carbocycles. The highest BCUT2D eigenvalue weighted by molar-refractivity contribution is 7.91. The molecule has 0 saturated carbocycles. The molecule has 1 aromatic carbocycles. The molecule has 3 heterocycles. The van der Waals surface area contributed by atoms with E-state index in [1.165, 1.54) is 16.9 Å². The maximum atomic E-state index is 12.9. The number of sulfonamides is 1. The van der Waals surface area contributed by atoms with E-state index in [4.69, 9.17) is 0 Å². The van der Waals surface area contributed by atoms with E-state index in [2.05, 4.69) is 16.9 Å². The van der Waals surface area contributed by atoms with Gasteiger partial charge >= 0.3 is 0 Å². The van der Waals surface area contributed by atoms with Crippen LogP contribution in [0, 0.1) is 0 Å². The highest BCUT2D eigenvalue weighted by Gasteiger charge is 2.30. The number of hydrogen-bond acceptors (Lipinski definition) is 5. The molecule has 2 N–H and O–H groups in total. The molecule has 1 atom stereocenters. The molecule has 2 aliphatic heterocycles. The van der Waals surface area contributed by atoms with Crippen LogP contribution in [0.15, 0.2) is 40.6 Å². The molecule has 1 saturated heterocycles. The molecular formula is C16H19N3O2S2. The standard InChI is InChI=1S/C16H19N3O2S2/c20-23(21,16-6-5-15(22-16)14-7-9-17-18-14)19-10-8-12-3-1-2-4-13(12)11-19/h1-6,14,17-18H,7-11H2. The highest BCUT2D eigenvalue weighted by atomic mass is 32.2. The van der Waals surface area contributed by atoms with Crippen molar-refractivity contribution in [2.45, 2.75) is 29.6 Å². The molecule has 0 bridgehead atoms. The minimum absolute atomic E-state index is 0.214. The van der Waals surface area contributed by atoms with Crippen LogP contribution in [-0.2, 0) is 23.0 Å². The fourth-order valence-corrected chi connectivity index (χ4v) is 6.14. The summed E-state index contributed by atoms with van der Waals surface area (Å²) in [5.41, 5.74) is 8.64. The molecule has 0 spiro atoms. The Morgan fingerprint density at radius 3 is 2.74 bits per heavy atom. The van der Waals surface area contributed by atoms with Gasteiger partial charge in [-0.1, -0.05) is 24.3 Å². The monoisotopic (exact) mass is 349 g/mol. The third kappa shape index (κ3) is 2.83. The molecule has 2 aliphatic rings. The van der Waals surface area contributed by atoms with Crippen LogP contribution >= 0.6 is 11.3 Å². The first kappa shape index (κ1) is 15.3. The van der Waals surface area contributed by atoms with Crippen LogP contribution in [-0.4, -0.2) is 25.8 Å². The van der Waals surface area contributed by atoms with Gasteiger partial charge < -0.3 is 0 Å². The summed E-state index contributed by atoms with van der Waals surface area (Å²) in [5.74, 6) is 0. The summed E-state index contributed by atoms with van der Waals surface area (Å²) < 4.78 is 27.9. The van der Waals surface area contributed by atoms with E-state index in [0.717, 1.165) is 29.8 Å². The second-order valence-electron chi connectivity index (χ2n) is 5.93. The minimum atomic E-state index is -3.41. The van der Waals surface area contributed by atoms with Crippen molar-refractivity contribution < 1.29 is 8.42 Å². The van der Waals surface area contributed by atoms with Gasteiger partial charge in [0.2, 0.25) is 0 Å². The maximum Gasteiger partial charge on any atom is 0.252 e. The fourth-order valence-electron chi connectivity index (χ4n) is 3.16. The van der Waals surface area contributed by atoms with Crippen LogP contribution in [0.25, 0.3) is 0 Å². The number of benzene rings is 1. The normalized spacial score (nSPS) is 22.2. The van der Waals surface area contributed by atoms with Crippen molar-refractivity contribution in [1.82, 2.24) is 15.2 Å². The fraction of sp³-hybridized carbons (Fsp3) is 0.375. The number of hydrazine groups is 1. The molecule has 0 radical (unpaired) electrons. The van der Waals surface area contributed by atoms with Gasteiger partial charge in [-0.25, -0.2) is 13.8 Å². The van der Waals surface area contributed by atoms with Gasteiger partial charge in [0.05, 0.1) is 6.04 Å². The molecule has 23 heavy (non-hydrogen) atoms. The molecule has 0 amide bonds. The summed E-state index contributed by atoms with van der Waals surface area (Å²) >= 11 is 1.38. The van der Waals surface area contributed by atoms with Crippen molar-refractivity contribution in [3.05, 3.63) is 52.4 Å². The van der Waals surface area contributed by atoms with E-state index < -0.39 is 10.0 Å². The third-order valence-electron chi connectivity index (χ3n) is 4.47. The van der Waals surface area contributed by atoms with Crippen LogP contribution in [0.2, 0.25) is 0 Å². The van der Waals surface area contributed by atoms with Gasteiger partial charge in [0.1, 0.15) is 4.21 Å². The van der Waals surface area contributed by atoms with E-state index in [-0.39, 0.29) is 6.04 Å². The van der Waals surface area contributed by atoms with Gasteiger partial charge in [0.15, 0.2) is 0 Å². The Bertz CT molecular complexity index is 810. The first-order valence-corrected chi connectivity index (χ1v) is 10.1. The number of nitrogens with zero attached hydrogens (tertiary/aromatic N) is 1. The van der Waals surface area contributed by atoms with Gasteiger partial charge in [0, 0.05) is 24.5 Å². The van der Waals surface area contributed by atoms with E-state index in [1.54, 1.807) is 10.4 Å². The van der Waals surface area contributed by atoms with Crippen LogP contribution in [0.1, 0.15) is 28.5 Å². The Kier molecular flexibility index (Phi) is 3.98. The number of nitrogens with one attached hydrogen (secondary N) is 2. The van der Waals surface area contributed by atoms with Gasteiger partial charge in [-0.05, 0) is 36.1 Å². The molecule has 4 rings (SSSR count). The predicted molar refractivity (Wildman–Crippen MR) is 90.6 cm³/mol. The van der Waals surface area contributed by atoms with Crippen LogP contribution in [0.5, 0.6) is 0 Å². The lowest BCUT2D eigenvalue weighted by Gasteiger charge is -2.27. The first-order valence-electron chi connectivity index (χ1n) is 7.80. The van der Waals surface area contributed by atoms with Gasteiger partial charge in [0.25, 0.3) is 10.0 Å². The van der Waals surface area contributed by atoms with E-state index in [9.17, 15) is 8.42 Å². The van der Waals surface area contributed by atoms with Crippen molar-refractivity contribution in [2.24, 2.45) is 0 Å². The van der Waals surface area contributed by atoms with Crippen molar-refractivity contribution in [3.8, 4) is 0 Å². The van der Waals surface area contributed by atoms with Gasteiger partial charge in [-0.3, -0.25) is 5.43 Å². The molecule has 1 aromatic heterocycles. The Labute approximate surface area is 140 Å². The van der Waals surface area contributed by atoms with Crippen LogP contribution < -0.4 is 10.9 Å². The van der Waals surface area contributed by atoms with Crippen molar-refractivity contribution >= 4 is 21.4 Å². The smallest absolute Gasteiger partial charge is 0.252 e. The quantitative estimate of drug-likeness (QED) is 0.890. The first-order chi connectivity index (χ1) is 11.1. The number of thiophene rings is 1. The Morgan fingerprint density at radius 1 is 1.13 bits per heavy atom. The topological polar surface area (TPSA) is 61.4 Å². The van der Waals surface area contributed by atoms with E-state index in [1.807, 2.05) is 24.3 Å². The van der Waals surface area contributed by atoms with Crippen LogP contribution in [0.3, 0.4) is 0 Å². The average molecular weight is 349 g/mol. The third-order valence-corrected chi connectivity index (χ3v) is 7.98. The van der Waals surface area contributed by atoms with Crippen molar-refractivity contribution in [3.63, 3.8) is 0 Å². The predicted octanol–water partition coefficient (Wildman–Crippen LogP) is 2.03. The second kappa shape index (κ2) is 5.99. The summed E-state index contributed by atoms with van der Waals surface area (Å²) in [4.78, 5) is 1.07. The summed E-state index contributed by atoms with van der Waals surface area (Å²) in [6.07, 6.45) is 1.76. The van der Waals surface area contributed by atoms with Gasteiger partial charge in [-0.2, -0.15) is 4.31 Å². The SMILES string of the molecule is O=S(=O)(c1ccc(C2CCNN2)s1)N1CCc2ccccc2C1. The lowest BCUT2D eigenvalue weighted by molar-refractivity contribution is 0.392. The lowest BCUT2D eigenvalue weighted by atomic mass is 10.0. The molecule has 122 valence electrons. The molecule has 7 heteroatoms. The van der Waals surface area contributed by atoms with E-state index in [0.29, 0.717) is 17.3 Å². The number of rotatable bonds is 3. The molecule has 2 aromatic rings. The summed E-state index contributed by atoms with van der Waals surface area (Å²) in [7, 11) is -3.41. The van der Waals surface area contributed by atoms with Crippen molar-refractivity contribution in [1.29, 1.82) is 0 Å². The number of fused-ring (bicyclic) bond motifs is 1. The average Bonchev–Trinajstić information content (AvgIpc) is 3.25. The summed E-state index contributed by atoms with van der Waals surface area (Å²) in [6, 6.07) is 12.0. The zero-order chi connectivity index (χ0) is 15.9. The molecular weight excluding hydrogens is 330 g/mol. The second-order valence-corrected chi connectivity index (χ2v) is 9.21. The van der Waals surface area contributed by atoms with Crippen molar-refractivity contribution in [2.75, 3.05) is 13.1 Å². The molecule has 1 fully saturated rings. The zero-order valence-corrected chi connectivity index (χ0v) is 14.3. The summed E-state index contributed by atoms with van der Waals surface area (Å²) in [6.45, 7) is 1.93. The highest BCUT2D eigenvalue weighted by Crippen LogP contribution is 2.32. The Hall–Kier alpha value is -1.25. The molecule has 1 unspecified atom stereocenters. The Balaban J connectivity index is 1.59. The van der Waals surface area contributed by atoms with Gasteiger partial charge in [-0.15, -0.1) is 11.3 Å². The maximum absolute atomic E-state index is 12.9. The molecule has 5 nitrogen and oxygen atoms in total. The zero-order valence-electron chi connectivity index (χ0n) is 12.7. The van der Waals surface area contributed by atoms with E-state index >= 15 is 0 Å². The van der Waals surface area contributed by atoms with Crippen LogP contribution in [0.4, 0.5) is 0 Å². The number of hydrogen-bond donors (Lipinski definition) is 2. The Morgan fingerprint density at radius 2 is 1.96 bits per heavy atom.